The Balaban J connectivity index is 1.54. The number of hydrogen-bond acceptors (Lipinski definition) is 5. The summed E-state index contributed by atoms with van der Waals surface area (Å²) in [6, 6.07) is 21.5. The van der Waals surface area contributed by atoms with Gasteiger partial charge < -0.3 is 24.5 Å². The molecule has 3 aromatic carbocycles. The zero-order valence-corrected chi connectivity index (χ0v) is 17.7. The minimum Gasteiger partial charge on any atom is -0.497 e. The van der Waals surface area contributed by atoms with E-state index in [1.807, 2.05) is 31.2 Å². The summed E-state index contributed by atoms with van der Waals surface area (Å²) in [5.74, 6) is 0.413. The highest BCUT2D eigenvalue weighted by molar-refractivity contribution is 6.14. The molecule has 0 fully saturated rings. The van der Waals surface area contributed by atoms with Crippen molar-refractivity contribution >= 4 is 34.2 Å². The molecule has 0 spiro atoms. The van der Waals surface area contributed by atoms with Gasteiger partial charge in [-0.25, -0.2) is 0 Å². The van der Waals surface area contributed by atoms with E-state index >= 15 is 0 Å². The fourth-order valence-electron chi connectivity index (χ4n) is 3.23. The van der Waals surface area contributed by atoms with E-state index in [0.717, 1.165) is 5.56 Å². The van der Waals surface area contributed by atoms with Crippen LogP contribution in [0.1, 0.15) is 16.1 Å². The third kappa shape index (κ3) is 4.57. The molecule has 0 aliphatic rings. The standard InChI is InChI=1S/C25H22N2O5/c1-16-7-3-5-9-20(16)31-15-22(28)27-23-19-8-4-6-10-21(19)32-24(23)25(29)26-17-11-13-18(30-2)14-12-17/h3-14H,15H2,1-2H3,(H,26,29)(H,27,28). The number of rotatable bonds is 7. The molecule has 1 heterocycles. The van der Waals surface area contributed by atoms with E-state index in [4.69, 9.17) is 13.9 Å². The normalized spacial score (nSPS) is 10.6. The molecule has 2 N–H and O–H groups in total. The number of nitrogens with one attached hydrogen (secondary N) is 2. The van der Waals surface area contributed by atoms with E-state index in [0.29, 0.717) is 33.8 Å². The fraction of sp³-hybridized carbons (Fsp3) is 0.120. The molecule has 162 valence electrons. The van der Waals surface area contributed by atoms with E-state index in [2.05, 4.69) is 10.6 Å². The van der Waals surface area contributed by atoms with Gasteiger partial charge in [0.05, 0.1) is 7.11 Å². The van der Waals surface area contributed by atoms with E-state index in [-0.39, 0.29) is 12.4 Å². The Bertz CT molecular complexity index is 1260. The van der Waals surface area contributed by atoms with Gasteiger partial charge in [0.1, 0.15) is 22.8 Å². The maximum atomic E-state index is 12.9. The van der Waals surface area contributed by atoms with Gasteiger partial charge in [0.15, 0.2) is 6.61 Å². The predicted molar refractivity (Wildman–Crippen MR) is 122 cm³/mol. The Kier molecular flexibility index (Phi) is 6.07. The second kappa shape index (κ2) is 9.26. The van der Waals surface area contributed by atoms with Crippen molar-refractivity contribution in [1.29, 1.82) is 0 Å². The van der Waals surface area contributed by atoms with Crippen LogP contribution in [0, 0.1) is 6.92 Å². The van der Waals surface area contributed by atoms with Crippen molar-refractivity contribution in [2.45, 2.75) is 6.92 Å². The van der Waals surface area contributed by atoms with Crippen molar-refractivity contribution in [3.63, 3.8) is 0 Å². The molecule has 0 aliphatic heterocycles. The van der Waals surface area contributed by atoms with Crippen LogP contribution < -0.4 is 20.1 Å². The zero-order chi connectivity index (χ0) is 22.5. The van der Waals surface area contributed by atoms with Crippen LogP contribution in [-0.2, 0) is 4.79 Å². The monoisotopic (exact) mass is 430 g/mol. The highest BCUT2D eigenvalue weighted by Gasteiger charge is 2.22. The predicted octanol–water partition coefficient (Wildman–Crippen LogP) is 5.02. The number of ether oxygens (including phenoxy) is 2. The van der Waals surface area contributed by atoms with Gasteiger partial charge in [0.2, 0.25) is 5.76 Å². The lowest BCUT2D eigenvalue weighted by atomic mass is 10.2. The van der Waals surface area contributed by atoms with Crippen molar-refractivity contribution in [1.82, 2.24) is 0 Å². The summed E-state index contributed by atoms with van der Waals surface area (Å²) in [6.07, 6.45) is 0. The smallest absolute Gasteiger partial charge is 0.293 e. The number of carbonyl (C=O) groups is 2. The van der Waals surface area contributed by atoms with Crippen LogP contribution in [0.25, 0.3) is 11.0 Å². The first-order valence-electron chi connectivity index (χ1n) is 10.0. The second-order valence-corrected chi connectivity index (χ2v) is 7.09. The number of carbonyl (C=O) groups excluding carboxylic acids is 2. The number of benzene rings is 3. The summed E-state index contributed by atoms with van der Waals surface area (Å²) in [7, 11) is 1.57. The lowest BCUT2D eigenvalue weighted by molar-refractivity contribution is -0.118. The third-order valence-corrected chi connectivity index (χ3v) is 4.87. The number of amides is 2. The topological polar surface area (TPSA) is 89.8 Å². The highest BCUT2D eigenvalue weighted by Crippen LogP contribution is 2.31. The quantitative estimate of drug-likeness (QED) is 0.430. The molecule has 32 heavy (non-hydrogen) atoms. The van der Waals surface area contributed by atoms with Gasteiger partial charge in [-0.15, -0.1) is 0 Å². The van der Waals surface area contributed by atoms with Gasteiger partial charge in [-0.3, -0.25) is 9.59 Å². The number of hydrogen-bond donors (Lipinski definition) is 2. The van der Waals surface area contributed by atoms with Gasteiger partial charge in [0, 0.05) is 11.1 Å². The molecule has 2 amide bonds. The molecular weight excluding hydrogens is 408 g/mol. The Labute approximate surface area is 184 Å². The van der Waals surface area contributed by atoms with Crippen LogP contribution in [0.4, 0.5) is 11.4 Å². The lowest BCUT2D eigenvalue weighted by Crippen LogP contribution is -2.22. The molecule has 4 aromatic rings. The molecule has 1 aromatic heterocycles. The lowest BCUT2D eigenvalue weighted by Gasteiger charge is -2.10. The Morgan fingerprint density at radius 2 is 1.62 bits per heavy atom. The molecule has 0 radical (unpaired) electrons. The largest absolute Gasteiger partial charge is 0.497 e. The molecule has 0 saturated heterocycles. The molecular formula is C25H22N2O5. The number of anilines is 2. The average molecular weight is 430 g/mol. The van der Waals surface area contributed by atoms with Crippen LogP contribution >= 0.6 is 0 Å². The molecule has 0 saturated carbocycles. The summed E-state index contributed by atoms with van der Waals surface area (Å²) < 4.78 is 16.5. The number of fused-ring (bicyclic) bond motifs is 1. The summed E-state index contributed by atoms with van der Waals surface area (Å²) in [5, 5.41) is 6.17. The first kappa shape index (κ1) is 21.0. The van der Waals surface area contributed by atoms with E-state index < -0.39 is 11.8 Å². The first-order chi connectivity index (χ1) is 15.5. The maximum Gasteiger partial charge on any atom is 0.293 e. The Morgan fingerprint density at radius 1 is 0.906 bits per heavy atom. The van der Waals surface area contributed by atoms with Crippen molar-refractivity contribution in [3.05, 3.63) is 84.1 Å². The van der Waals surface area contributed by atoms with Crippen molar-refractivity contribution in [2.24, 2.45) is 0 Å². The van der Waals surface area contributed by atoms with Gasteiger partial charge in [-0.05, 0) is 55.0 Å². The minimum absolute atomic E-state index is 0.00580. The maximum absolute atomic E-state index is 12.9. The number of aryl methyl sites for hydroxylation is 1. The van der Waals surface area contributed by atoms with E-state index in [1.54, 1.807) is 55.6 Å². The SMILES string of the molecule is COc1ccc(NC(=O)c2oc3ccccc3c2NC(=O)COc2ccccc2C)cc1. The summed E-state index contributed by atoms with van der Waals surface area (Å²) in [6.45, 7) is 1.70. The van der Waals surface area contributed by atoms with Gasteiger partial charge in [-0.2, -0.15) is 0 Å². The zero-order valence-electron chi connectivity index (χ0n) is 17.7. The number of furan rings is 1. The summed E-state index contributed by atoms with van der Waals surface area (Å²) >= 11 is 0. The van der Waals surface area contributed by atoms with Crippen LogP contribution in [0.2, 0.25) is 0 Å². The molecule has 4 rings (SSSR count). The fourth-order valence-corrected chi connectivity index (χ4v) is 3.23. The Morgan fingerprint density at radius 3 is 2.38 bits per heavy atom. The summed E-state index contributed by atoms with van der Waals surface area (Å²) in [5.41, 5.74) is 2.28. The van der Waals surface area contributed by atoms with Gasteiger partial charge >= 0.3 is 0 Å². The highest BCUT2D eigenvalue weighted by atomic mass is 16.5. The summed E-state index contributed by atoms with van der Waals surface area (Å²) in [4.78, 5) is 25.6. The molecule has 0 aliphatic carbocycles. The van der Waals surface area contributed by atoms with Crippen LogP contribution in [0.15, 0.2) is 77.2 Å². The van der Waals surface area contributed by atoms with Gasteiger partial charge in [-0.1, -0.05) is 30.3 Å². The first-order valence-corrected chi connectivity index (χ1v) is 10.0. The molecule has 0 unspecified atom stereocenters. The molecule has 7 heteroatoms. The average Bonchev–Trinajstić information content (AvgIpc) is 3.17. The van der Waals surface area contributed by atoms with Crippen LogP contribution in [0.5, 0.6) is 11.5 Å². The van der Waals surface area contributed by atoms with Crippen molar-refractivity contribution < 1.29 is 23.5 Å². The van der Waals surface area contributed by atoms with Crippen LogP contribution in [0.3, 0.4) is 0 Å². The van der Waals surface area contributed by atoms with E-state index in [1.165, 1.54) is 0 Å². The minimum atomic E-state index is -0.485. The third-order valence-electron chi connectivity index (χ3n) is 4.87. The van der Waals surface area contributed by atoms with E-state index in [9.17, 15) is 9.59 Å². The van der Waals surface area contributed by atoms with Gasteiger partial charge in [0.25, 0.3) is 11.8 Å². The second-order valence-electron chi connectivity index (χ2n) is 7.09. The molecule has 0 bridgehead atoms. The molecule has 7 nitrogen and oxygen atoms in total. The van der Waals surface area contributed by atoms with Crippen LogP contribution in [-0.4, -0.2) is 25.5 Å². The van der Waals surface area contributed by atoms with Crippen molar-refractivity contribution in [3.8, 4) is 11.5 Å². The number of methoxy groups -OCH3 is 1. The van der Waals surface area contributed by atoms with Crippen molar-refractivity contribution in [2.75, 3.05) is 24.4 Å². The number of para-hydroxylation sites is 2. The molecule has 0 atom stereocenters. The Hall–Kier alpha value is -4.26.